The van der Waals surface area contributed by atoms with E-state index >= 15 is 0 Å². The summed E-state index contributed by atoms with van der Waals surface area (Å²) in [5.74, 6) is 0.0112. The Morgan fingerprint density at radius 3 is 2.38 bits per heavy atom. The summed E-state index contributed by atoms with van der Waals surface area (Å²) in [6.45, 7) is 3.84. The summed E-state index contributed by atoms with van der Waals surface area (Å²) in [7, 11) is -3.39. The number of rotatable bonds is 7. The highest BCUT2D eigenvalue weighted by Crippen LogP contribution is 2.22. The monoisotopic (exact) mass is 310 g/mol. The van der Waals surface area contributed by atoms with Crippen molar-refractivity contribution in [3.63, 3.8) is 0 Å². The fourth-order valence-corrected chi connectivity index (χ4v) is 3.28. The molecule has 0 unspecified atom stereocenters. The van der Waals surface area contributed by atoms with E-state index in [1.165, 1.54) is 0 Å². The normalized spacial score (nSPS) is 15.2. The lowest BCUT2D eigenvalue weighted by atomic mass is 10.1. The van der Waals surface area contributed by atoms with Crippen molar-refractivity contribution in [2.75, 3.05) is 0 Å². The highest BCUT2D eigenvalue weighted by atomic mass is 32.2. The molecule has 1 aromatic carbocycles. The molecule has 0 heterocycles. The fourth-order valence-electron chi connectivity index (χ4n) is 1.98. The van der Waals surface area contributed by atoms with Gasteiger partial charge < -0.3 is 5.32 Å². The Morgan fingerprint density at radius 2 is 1.86 bits per heavy atom. The van der Waals surface area contributed by atoms with Crippen LogP contribution in [0.5, 0.6) is 0 Å². The molecule has 21 heavy (non-hydrogen) atoms. The smallest absolute Gasteiger partial charge is 0.240 e. The Balaban J connectivity index is 1.91. The van der Waals surface area contributed by atoms with Gasteiger partial charge in [0.05, 0.1) is 4.90 Å². The third-order valence-corrected chi connectivity index (χ3v) is 4.76. The lowest BCUT2D eigenvalue weighted by Crippen LogP contribution is -2.30. The van der Waals surface area contributed by atoms with Gasteiger partial charge in [0, 0.05) is 18.5 Å². The first-order valence-electron chi connectivity index (χ1n) is 7.27. The Hall–Kier alpha value is -1.40. The molecule has 1 amide bonds. The molecule has 116 valence electrons. The molecule has 2 rings (SSSR count). The zero-order chi connectivity index (χ0) is 15.5. The largest absolute Gasteiger partial charge is 0.354 e. The Labute approximate surface area is 126 Å². The van der Waals surface area contributed by atoms with Crippen molar-refractivity contribution >= 4 is 15.9 Å². The second-order valence-corrected chi connectivity index (χ2v) is 7.48. The fraction of sp³-hybridized carbons (Fsp3) is 0.533. The number of benzene rings is 1. The van der Waals surface area contributed by atoms with Crippen LogP contribution in [0.15, 0.2) is 29.2 Å². The van der Waals surface area contributed by atoms with Gasteiger partial charge in [-0.3, -0.25) is 4.79 Å². The molecular formula is C15H22N2O3S. The molecule has 6 heteroatoms. The third-order valence-electron chi connectivity index (χ3n) is 3.22. The van der Waals surface area contributed by atoms with Gasteiger partial charge in [0.1, 0.15) is 0 Å². The highest BCUT2D eigenvalue weighted by Gasteiger charge is 2.27. The minimum atomic E-state index is -3.39. The number of carbonyl (C=O) groups excluding carboxylic acids is 1. The van der Waals surface area contributed by atoms with E-state index in [1.807, 2.05) is 13.8 Å². The van der Waals surface area contributed by atoms with Crippen molar-refractivity contribution in [1.29, 1.82) is 0 Å². The average Bonchev–Trinajstić information content (AvgIpc) is 3.19. The predicted octanol–water partition coefficient (Wildman–Crippen LogP) is 1.58. The molecule has 2 N–H and O–H groups in total. The maximum atomic E-state index is 12.0. The quantitative estimate of drug-likeness (QED) is 0.803. The van der Waals surface area contributed by atoms with E-state index < -0.39 is 10.0 Å². The first-order chi connectivity index (χ1) is 9.87. The van der Waals surface area contributed by atoms with Crippen LogP contribution in [0.2, 0.25) is 0 Å². The molecule has 0 bridgehead atoms. The highest BCUT2D eigenvalue weighted by molar-refractivity contribution is 7.89. The van der Waals surface area contributed by atoms with Gasteiger partial charge in [-0.1, -0.05) is 12.1 Å². The number of nitrogens with one attached hydrogen (secondary N) is 2. The summed E-state index contributed by atoms with van der Waals surface area (Å²) >= 11 is 0. The molecule has 0 aliphatic heterocycles. The van der Waals surface area contributed by atoms with E-state index in [4.69, 9.17) is 0 Å². The van der Waals surface area contributed by atoms with Gasteiger partial charge in [-0.25, -0.2) is 13.1 Å². The molecule has 1 aliphatic rings. The molecule has 0 spiro atoms. The minimum absolute atomic E-state index is 0.0112. The molecule has 0 aromatic heterocycles. The Morgan fingerprint density at radius 1 is 1.24 bits per heavy atom. The molecule has 0 saturated heterocycles. The molecule has 1 saturated carbocycles. The van der Waals surface area contributed by atoms with Crippen molar-refractivity contribution in [3.8, 4) is 0 Å². The van der Waals surface area contributed by atoms with Gasteiger partial charge in [-0.15, -0.1) is 0 Å². The summed E-state index contributed by atoms with van der Waals surface area (Å²) in [5, 5.41) is 2.83. The summed E-state index contributed by atoms with van der Waals surface area (Å²) in [6.07, 6.45) is 2.85. The predicted molar refractivity (Wildman–Crippen MR) is 81.4 cm³/mol. The van der Waals surface area contributed by atoms with Crippen LogP contribution < -0.4 is 10.0 Å². The van der Waals surface area contributed by atoms with E-state index in [2.05, 4.69) is 10.0 Å². The van der Waals surface area contributed by atoms with Crippen LogP contribution in [0.25, 0.3) is 0 Å². The van der Waals surface area contributed by atoms with Gasteiger partial charge in [0.2, 0.25) is 15.9 Å². The molecule has 0 atom stereocenters. The third kappa shape index (κ3) is 5.13. The summed E-state index contributed by atoms with van der Waals surface area (Å²) in [6, 6.07) is 6.97. The lowest BCUT2D eigenvalue weighted by Gasteiger charge is -2.09. The summed E-state index contributed by atoms with van der Waals surface area (Å²) in [5.41, 5.74) is 0.958. The average molecular weight is 310 g/mol. The Bertz CT molecular complexity index is 590. The molecule has 1 aromatic rings. The number of hydrogen-bond donors (Lipinski definition) is 2. The number of hydrogen-bond acceptors (Lipinski definition) is 3. The van der Waals surface area contributed by atoms with E-state index in [9.17, 15) is 13.2 Å². The zero-order valence-electron chi connectivity index (χ0n) is 12.4. The molecule has 1 aliphatic carbocycles. The second kappa shape index (κ2) is 6.58. The van der Waals surface area contributed by atoms with Crippen LogP contribution in [0.1, 0.15) is 38.7 Å². The second-order valence-electron chi connectivity index (χ2n) is 5.76. The topological polar surface area (TPSA) is 75.3 Å². The van der Waals surface area contributed by atoms with Crippen LogP contribution in [0.3, 0.4) is 0 Å². The van der Waals surface area contributed by atoms with Gasteiger partial charge in [0.15, 0.2) is 0 Å². The van der Waals surface area contributed by atoms with Crippen molar-refractivity contribution in [1.82, 2.24) is 10.0 Å². The number of amides is 1. The van der Waals surface area contributed by atoms with E-state index in [0.717, 1.165) is 18.4 Å². The van der Waals surface area contributed by atoms with E-state index in [1.54, 1.807) is 24.3 Å². The van der Waals surface area contributed by atoms with Gasteiger partial charge in [0.25, 0.3) is 0 Å². The van der Waals surface area contributed by atoms with E-state index in [0.29, 0.717) is 12.8 Å². The standard InChI is InChI=1S/C15H22N2O3S/c1-11(2)16-15(18)10-5-12-3-8-14(9-4-12)21(19,20)17-13-6-7-13/h3-4,8-9,11,13,17H,5-7,10H2,1-2H3,(H,16,18). The van der Waals surface area contributed by atoms with Gasteiger partial charge in [-0.05, 0) is 50.8 Å². The van der Waals surface area contributed by atoms with Crippen LogP contribution in [0, 0.1) is 0 Å². The number of sulfonamides is 1. The zero-order valence-corrected chi connectivity index (χ0v) is 13.2. The molecule has 1 fully saturated rings. The maximum Gasteiger partial charge on any atom is 0.240 e. The summed E-state index contributed by atoms with van der Waals surface area (Å²) in [4.78, 5) is 11.8. The van der Waals surface area contributed by atoms with Crippen LogP contribution >= 0.6 is 0 Å². The van der Waals surface area contributed by atoms with Crippen molar-refractivity contribution in [2.24, 2.45) is 0 Å². The van der Waals surface area contributed by atoms with Gasteiger partial charge in [-0.2, -0.15) is 0 Å². The lowest BCUT2D eigenvalue weighted by molar-refractivity contribution is -0.121. The number of carbonyl (C=O) groups is 1. The minimum Gasteiger partial charge on any atom is -0.354 e. The van der Waals surface area contributed by atoms with Crippen molar-refractivity contribution in [2.45, 2.75) is 56.5 Å². The molecule has 0 radical (unpaired) electrons. The maximum absolute atomic E-state index is 12.0. The van der Waals surface area contributed by atoms with Crippen LogP contribution in [0.4, 0.5) is 0 Å². The molecule has 5 nitrogen and oxygen atoms in total. The van der Waals surface area contributed by atoms with E-state index in [-0.39, 0.29) is 22.9 Å². The van der Waals surface area contributed by atoms with Crippen LogP contribution in [-0.2, 0) is 21.2 Å². The first-order valence-corrected chi connectivity index (χ1v) is 8.76. The van der Waals surface area contributed by atoms with Crippen LogP contribution in [-0.4, -0.2) is 26.4 Å². The summed E-state index contributed by atoms with van der Waals surface area (Å²) < 4.78 is 26.7. The Kier molecular flexibility index (Phi) is 5.00. The molecular weight excluding hydrogens is 288 g/mol. The number of aryl methyl sites for hydroxylation is 1. The van der Waals surface area contributed by atoms with Crippen molar-refractivity contribution < 1.29 is 13.2 Å². The first kappa shape index (κ1) is 16.0. The van der Waals surface area contributed by atoms with Gasteiger partial charge >= 0.3 is 0 Å². The van der Waals surface area contributed by atoms with Crippen molar-refractivity contribution in [3.05, 3.63) is 29.8 Å². The SMILES string of the molecule is CC(C)NC(=O)CCc1ccc(S(=O)(=O)NC2CC2)cc1.